The number of rotatable bonds is 4. The molecule has 5 nitrogen and oxygen atoms in total. The van der Waals surface area contributed by atoms with E-state index in [0.717, 1.165) is 46.3 Å². The number of benzene rings is 2. The zero-order valence-corrected chi connectivity index (χ0v) is 16.3. The molecule has 0 amide bonds. The summed E-state index contributed by atoms with van der Waals surface area (Å²) in [5.74, 6) is 1.79. The first kappa shape index (κ1) is 17.9. The predicted octanol–water partition coefficient (Wildman–Crippen LogP) is 3.83. The first-order valence-electron chi connectivity index (χ1n) is 9.92. The van der Waals surface area contributed by atoms with Crippen LogP contribution in [0.15, 0.2) is 66.9 Å². The molecule has 5 rings (SSSR count). The standard InChI is InChI=1S/C24H23N3O2/c1-29-22-8-4-5-16-9-10-23(26-24(16)22)27-14-18(21(28)15-27)13-17-11-12-25-20-7-3-2-6-19(17)20/h2-12,18,21,28H,13-15H2,1H3/t18-,21+/m1/s1. The Morgan fingerprint density at radius 3 is 2.83 bits per heavy atom. The maximum atomic E-state index is 10.8. The van der Waals surface area contributed by atoms with Crippen molar-refractivity contribution >= 4 is 27.6 Å². The first-order chi connectivity index (χ1) is 14.2. The number of ether oxygens (including phenoxy) is 1. The summed E-state index contributed by atoms with van der Waals surface area (Å²) in [4.78, 5) is 11.5. The van der Waals surface area contributed by atoms with Gasteiger partial charge in [0.25, 0.3) is 0 Å². The second kappa shape index (κ2) is 7.33. The highest BCUT2D eigenvalue weighted by Gasteiger charge is 2.32. The average Bonchev–Trinajstić information content (AvgIpc) is 3.13. The van der Waals surface area contributed by atoms with Crippen LogP contribution < -0.4 is 9.64 Å². The molecule has 5 heteroatoms. The quantitative estimate of drug-likeness (QED) is 0.579. The van der Waals surface area contributed by atoms with Gasteiger partial charge in [-0.25, -0.2) is 4.98 Å². The molecule has 0 radical (unpaired) electrons. The molecule has 1 fully saturated rings. The van der Waals surface area contributed by atoms with E-state index in [-0.39, 0.29) is 5.92 Å². The summed E-state index contributed by atoms with van der Waals surface area (Å²) in [6.45, 7) is 1.35. The van der Waals surface area contributed by atoms with E-state index in [9.17, 15) is 5.11 Å². The summed E-state index contributed by atoms with van der Waals surface area (Å²) in [5, 5.41) is 13.0. The minimum atomic E-state index is -0.392. The van der Waals surface area contributed by atoms with E-state index in [1.165, 1.54) is 5.56 Å². The fourth-order valence-corrected chi connectivity index (χ4v) is 4.31. The maximum absolute atomic E-state index is 10.8. The third-order valence-corrected chi connectivity index (χ3v) is 5.84. The van der Waals surface area contributed by atoms with Gasteiger partial charge in [0.05, 0.1) is 18.7 Å². The molecule has 0 saturated carbocycles. The zero-order chi connectivity index (χ0) is 19.8. The summed E-state index contributed by atoms with van der Waals surface area (Å²) in [7, 11) is 1.66. The monoisotopic (exact) mass is 385 g/mol. The van der Waals surface area contributed by atoms with Gasteiger partial charge in [0, 0.05) is 36.0 Å². The molecular weight excluding hydrogens is 362 g/mol. The molecule has 29 heavy (non-hydrogen) atoms. The van der Waals surface area contributed by atoms with Crippen LogP contribution in [-0.4, -0.2) is 41.4 Å². The molecular formula is C24H23N3O2. The van der Waals surface area contributed by atoms with Crippen LogP contribution in [0.4, 0.5) is 5.82 Å². The minimum Gasteiger partial charge on any atom is -0.494 e. The molecule has 2 aromatic carbocycles. The number of anilines is 1. The molecule has 0 spiro atoms. The summed E-state index contributed by atoms with van der Waals surface area (Å²) in [6, 6.07) is 20.3. The maximum Gasteiger partial charge on any atom is 0.145 e. The van der Waals surface area contributed by atoms with Gasteiger partial charge >= 0.3 is 0 Å². The molecule has 4 aromatic rings. The molecule has 2 atom stereocenters. The first-order valence-corrected chi connectivity index (χ1v) is 9.92. The van der Waals surface area contributed by atoms with E-state index in [1.807, 2.05) is 48.7 Å². The van der Waals surface area contributed by atoms with Crippen molar-refractivity contribution < 1.29 is 9.84 Å². The fraction of sp³-hybridized carbons (Fsp3) is 0.250. The van der Waals surface area contributed by atoms with Crippen LogP contribution in [0.2, 0.25) is 0 Å². The fourth-order valence-electron chi connectivity index (χ4n) is 4.31. The molecule has 0 aliphatic carbocycles. The lowest BCUT2D eigenvalue weighted by molar-refractivity contribution is 0.148. The molecule has 1 N–H and O–H groups in total. The highest BCUT2D eigenvalue weighted by Crippen LogP contribution is 2.31. The number of pyridine rings is 2. The van der Waals surface area contributed by atoms with Gasteiger partial charge in [-0.05, 0) is 42.3 Å². The Balaban J connectivity index is 1.41. The van der Waals surface area contributed by atoms with E-state index in [0.29, 0.717) is 6.54 Å². The van der Waals surface area contributed by atoms with Crippen LogP contribution in [0.3, 0.4) is 0 Å². The SMILES string of the molecule is COc1cccc2ccc(N3C[C@@H](Cc4ccnc5ccccc45)[C@@H](O)C3)nc12. The normalized spacial score (nSPS) is 19.2. The Labute approximate surface area is 169 Å². The lowest BCUT2D eigenvalue weighted by Crippen LogP contribution is -2.22. The second-order valence-corrected chi connectivity index (χ2v) is 7.63. The number of methoxy groups -OCH3 is 1. The van der Waals surface area contributed by atoms with Crippen LogP contribution in [0, 0.1) is 5.92 Å². The van der Waals surface area contributed by atoms with Crippen molar-refractivity contribution in [3.8, 4) is 5.75 Å². The van der Waals surface area contributed by atoms with Gasteiger partial charge in [0.1, 0.15) is 17.1 Å². The van der Waals surface area contributed by atoms with Crippen molar-refractivity contribution in [3.63, 3.8) is 0 Å². The molecule has 0 unspecified atom stereocenters. The Bertz CT molecular complexity index is 1170. The van der Waals surface area contributed by atoms with Crippen molar-refractivity contribution in [2.75, 3.05) is 25.1 Å². The highest BCUT2D eigenvalue weighted by atomic mass is 16.5. The molecule has 146 valence electrons. The van der Waals surface area contributed by atoms with Crippen LogP contribution in [0.25, 0.3) is 21.8 Å². The summed E-state index contributed by atoms with van der Waals surface area (Å²) in [6.07, 6.45) is 2.28. The highest BCUT2D eigenvalue weighted by molar-refractivity contribution is 5.86. The van der Waals surface area contributed by atoms with Crippen LogP contribution in [-0.2, 0) is 6.42 Å². The predicted molar refractivity (Wildman–Crippen MR) is 115 cm³/mol. The van der Waals surface area contributed by atoms with Crippen LogP contribution in [0.1, 0.15) is 5.56 Å². The van der Waals surface area contributed by atoms with Gasteiger partial charge in [0.15, 0.2) is 0 Å². The zero-order valence-electron chi connectivity index (χ0n) is 16.3. The molecule has 1 aliphatic heterocycles. The van der Waals surface area contributed by atoms with Crippen LogP contribution in [0.5, 0.6) is 5.75 Å². The third kappa shape index (κ3) is 3.28. The van der Waals surface area contributed by atoms with Crippen molar-refractivity contribution in [1.82, 2.24) is 9.97 Å². The Hall–Kier alpha value is -3.18. The van der Waals surface area contributed by atoms with Gasteiger partial charge < -0.3 is 14.7 Å². The topological polar surface area (TPSA) is 58.5 Å². The smallest absolute Gasteiger partial charge is 0.145 e. The lowest BCUT2D eigenvalue weighted by atomic mass is 9.94. The van der Waals surface area contributed by atoms with Gasteiger partial charge in [-0.1, -0.05) is 30.3 Å². The number of fused-ring (bicyclic) bond motifs is 2. The van der Waals surface area contributed by atoms with Gasteiger partial charge in [-0.3, -0.25) is 4.98 Å². The molecule has 2 aromatic heterocycles. The Morgan fingerprint density at radius 2 is 1.93 bits per heavy atom. The largest absolute Gasteiger partial charge is 0.494 e. The third-order valence-electron chi connectivity index (χ3n) is 5.84. The minimum absolute atomic E-state index is 0.149. The molecule has 1 aliphatic rings. The van der Waals surface area contributed by atoms with E-state index in [4.69, 9.17) is 9.72 Å². The Kier molecular flexibility index (Phi) is 4.52. The van der Waals surface area contributed by atoms with Crippen molar-refractivity contribution in [3.05, 3.63) is 72.4 Å². The van der Waals surface area contributed by atoms with E-state index in [2.05, 4.69) is 28.1 Å². The van der Waals surface area contributed by atoms with Crippen LogP contribution >= 0.6 is 0 Å². The van der Waals surface area contributed by atoms with Gasteiger partial charge in [-0.2, -0.15) is 0 Å². The number of hydrogen-bond donors (Lipinski definition) is 1. The second-order valence-electron chi connectivity index (χ2n) is 7.63. The molecule has 3 heterocycles. The number of hydrogen-bond acceptors (Lipinski definition) is 5. The molecule has 0 bridgehead atoms. The Morgan fingerprint density at radius 1 is 1.03 bits per heavy atom. The number of aliphatic hydroxyl groups excluding tert-OH is 1. The van der Waals surface area contributed by atoms with Crippen molar-refractivity contribution in [2.24, 2.45) is 5.92 Å². The van der Waals surface area contributed by atoms with E-state index < -0.39 is 6.10 Å². The van der Waals surface area contributed by atoms with Crippen molar-refractivity contribution in [1.29, 1.82) is 0 Å². The average molecular weight is 385 g/mol. The summed E-state index contributed by atoms with van der Waals surface area (Å²) < 4.78 is 5.47. The van der Waals surface area contributed by atoms with E-state index >= 15 is 0 Å². The van der Waals surface area contributed by atoms with Gasteiger partial charge in [0.2, 0.25) is 0 Å². The summed E-state index contributed by atoms with van der Waals surface area (Å²) in [5.41, 5.74) is 3.08. The lowest BCUT2D eigenvalue weighted by Gasteiger charge is -2.18. The van der Waals surface area contributed by atoms with Crippen molar-refractivity contribution in [2.45, 2.75) is 12.5 Å². The van der Waals surface area contributed by atoms with E-state index in [1.54, 1.807) is 7.11 Å². The number of para-hydroxylation sites is 2. The van der Waals surface area contributed by atoms with Gasteiger partial charge in [-0.15, -0.1) is 0 Å². The summed E-state index contributed by atoms with van der Waals surface area (Å²) >= 11 is 0. The number of aliphatic hydroxyl groups is 1. The molecule has 1 saturated heterocycles. The number of β-amino-alcohol motifs (C(OH)–C–C–N with tert-alkyl or cyclic N) is 1. The number of aromatic nitrogens is 2. The number of nitrogens with zero attached hydrogens (tertiary/aromatic N) is 3.